The van der Waals surface area contributed by atoms with Gasteiger partial charge in [-0.05, 0) is 24.5 Å². The highest BCUT2D eigenvalue weighted by molar-refractivity contribution is 7.89. The lowest BCUT2D eigenvalue weighted by atomic mass is 10.0. The minimum Gasteiger partial charge on any atom is -0.241 e. The average molecular weight is 293 g/mol. The lowest BCUT2D eigenvalue weighted by molar-refractivity contribution is 0.284. The third-order valence-electron chi connectivity index (χ3n) is 3.07. The largest absolute Gasteiger partial charge is 0.263 e. The number of alkyl halides is 1. The number of pyridine rings is 1. The molecule has 0 saturated carbocycles. The molecule has 0 aliphatic carbocycles. The Morgan fingerprint density at radius 2 is 2.28 bits per heavy atom. The van der Waals surface area contributed by atoms with Gasteiger partial charge in [0.25, 0.3) is 10.0 Å². The fourth-order valence-corrected chi connectivity index (χ4v) is 3.69. The molecule has 0 N–H and O–H groups in total. The number of rotatable bonds is 2. The highest BCUT2D eigenvalue weighted by atomic mass is 35.5. The van der Waals surface area contributed by atoms with Crippen LogP contribution in [0, 0.1) is 11.7 Å². The van der Waals surface area contributed by atoms with Gasteiger partial charge in [0.15, 0.2) is 5.82 Å². The van der Waals surface area contributed by atoms with Crippen LogP contribution in [0.2, 0.25) is 0 Å². The van der Waals surface area contributed by atoms with Gasteiger partial charge >= 0.3 is 0 Å². The van der Waals surface area contributed by atoms with Crippen molar-refractivity contribution in [2.45, 2.75) is 23.7 Å². The lowest BCUT2D eigenvalue weighted by Crippen LogP contribution is -2.43. The molecule has 4 nitrogen and oxygen atoms in total. The molecule has 1 aromatic heterocycles. The Balaban J connectivity index is 2.30. The summed E-state index contributed by atoms with van der Waals surface area (Å²) in [4.78, 5) is 3.63. The molecule has 2 atom stereocenters. The smallest absolute Gasteiger partial charge is 0.241 e. The van der Waals surface area contributed by atoms with Crippen LogP contribution in [0.15, 0.2) is 23.4 Å². The van der Waals surface area contributed by atoms with Gasteiger partial charge in [0, 0.05) is 24.7 Å². The van der Waals surface area contributed by atoms with Gasteiger partial charge in [-0.15, -0.1) is 11.6 Å². The van der Waals surface area contributed by atoms with Crippen LogP contribution in [0.25, 0.3) is 0 Å². The molecule has 1 aliphatic heterocycles. The Bertz CT molecular complexity index is 538. The van der Waals surface area contributed by atoms with Crippen LogP contribution in [0.3, 0.4) is 0 Å². The zero-order chi connectivity index (χ0) is 13.3. The predicted molar refractivity (Wildman–Crippen MR) is 66.4 cm³/mol. The zero-order valence-electron chi connectivity index (χ0n) is 9.88. The van der Waals surface area contributed by atoms with E-state index < -0.39 is 20.9 Å². The van der Waals surface area contributed by atoms with Crippen LogP contribution in [-0.4, -0.2) is 36.2 Å². The first-order valence-electron chi connectivity index (χ1n) is 5.67. The number of aromatic nitrogens is 1. The topological polar surface area (TPSA) is 50.3 Å². The molecule has 1 saturated heterocycles. The summed E-state index contributed by atoms with van der Waals surface area (Å²) in [6, 6.07) is 2.46. The maximum Gasteiger partial charge on any atom is 0.263 e. The summed E-state index contributed by atoms with van der Waals surface area (Å²) in [5.41, 5.74) is 0. The standard InChI is InChI=1S/C11H14ClFN2O2S/c1-8-7-15(6-4-9(8)12)18(16,17)11-10(13)3-2-5-14-11/h2-3,5,8-9H,4,6-7H2,1H3. The summed E-state index contributed by atoms with van der Waals surface area (Å²) in [7, 11) is -3.86. The summed E-state index contributed by atoms with van der Waals surface area (Å²) in [6.07, 6.45) is 1.84. The second-order valence-electron chi connectivity index (χ2n) is 4.44. The molecule has 0 bridgehead atoms. The van der Waals surface area contributed by atoms with Crippen molar-refractivity contribution in [3.05, 3.63) is 24.1 Å². The molecule has 0 radical (unpaired) electrons. The van der Waals surface area contributed by atoms with Crippen molar-refractivity contribution in [3.8, 4) is 0 Å². The third kappa shape index (κ3) is 2.50. The van der Waals surface area contributed by atoms with E-state index in [1.165, 1.54) is 16.6 Å². The molecular weight excluding hydrogens is 279 g/mol. The number of sulfonamides is 1. The number of hydrogen-bond acceptors (Lipinski definition) is 3. The van der Waals surface area contributed by atoms with Gasteiger partial charge in [-0.1, -0.05) is 6.92 Å². The summed E-state index contributed by atoms with van der Waals surface area (Å²) in [6.45, 7) is 2.48. The van der Waals surface area contributed by atoms with E-state index in [4.69, 9.17) is 11.6 Å². The maximum atomic E-state index is 13.5. The van der Waals surface area contributed by atoms with Crippen LogP contribution in [-0.2, 0) is 10.0 Å². The molecule has 2 rings (SSSR count). The normalized spacial score (nSPS) is 26.2. The molecule has 2 unspecified atom stereocenters. The second-order valence-corrected chi connectivity index (χ2v) is 6.85. The van der Waals surface area contributed by atoms with Crippen molar-refractivity contribution in [1.29, 1.82) is 0 Å². The molecule has 1 aliphatic rings. The summed E-state index contributed by atoms with van der Waals surface area (Å²) < 4.78 is 39.3. The van der Waals surface area contributed by atoms with Gasteiger partial charge in [-0.25, -0.2) is 17.8 Å². The average Bonchev–Trinajstić information content (AvgIpc) is 2.33. The van der Waals surface area contributed by atoms with Crippen molar-refractivity contribution >= 4 is 21.6 Å². The maximum absolute atomic E-state index is 13.5. The number of hydrogen-bond donors (Lipinski definition) is 0. The quantitative estimate of drug-likeness (QED) is 0.782. The monoisotopic (exact) mass is 292 g/mol. The van der Waals surface area contributed by atoms with Gasteiger partial charge in [-0.2, -0.15) is 4.31 Å². The predicted octanol–water partition coefficient (Wildman–Crippen LogP) is 1.86. The molecule has 0 amide bonds. The number of nitrogens with zero attached hydrogens (tertiary/aromatic N) is 2. The van der Waals surface area contributed by atoms with Crippen molar-refractivity contribution in [3.63, 3.8) is 0 Å². The lowest BCUT2D eigenvalue weighted by Gasteiger charge is -2.32. The molecule has 1 aromatic rings. The van der Waals surface area contributed by atoms with Crippen LogP contribution >= 0.6 is 11.6 Å². The first kappa shape index (κ1) is 13.7. The Morgan fingerprint density at radius 1 is 1.56 bits per heavy atom. The van der Waals surface area contributed by atoms with E-state index in [2.05, 4.69) is 4.98 Å². The van der Waals surface area contributed by atoms with E-state index >= 15 is 0 Å². The van der Waals surface area contributed by atoms with Crippen LogP contribution in [0.5, 0.6) is 0 Å². The zero-order valence-corrected chi connectivity index (χ0v) is 11.5. The SMILES string of the molecule is CC1CN(S(=O)(=O)c2ncccc2F)CCC1Cl. The summed E-state index contributed by atoms with van der Waals surface area (Å²) in [5, 5.41) is -0.546. The van der Waals surface area contributed by atoms with Gasteiger partial charge in [0.1, 0.15) is 0 Å². The van der Waals surface area contributed by atoms with E-state index in [1.807, 2.05) is 6.92 Å². The highest BCUT2D eigenvalue weighted by Gasteiger charge is 2.34. The molecule has 0 spiro atoms. The van der Waals surface area contributed by atoms with Crippen LogP contribution in [0.1, 0.15) is 13.3 Å². The first-order valence-corrected chi connectivity index (χ1v) is 7.55. The van der Waals surface area contributed by atoms with Gasteiger partial charge in [-0.3, -0.25) is 0 Å². The molecule has 7 heteroatoms. The van der Waals surface area contributed by atoms with E-state index in [9.17, 15) is 12.8 Å². The minimum atomic E-state index is -3.86. The Hall–Kier alpha value is -0.720. The Morgan fingerprint density at radius 3 is 2.89 bits per heavy atom. The summed E-state index contributed by atoms with van der Waals surface area (Å²) >= 11 is 6.05. The molecule has 0 aromatic carbocycles. The molecule has 18 heavy (non-hydrogen) atoms. The van der Waals surface area contributed by atoms with E-state index in [1.54, 1.807) is 0 Å². The van der Waals surface area contributed by atoms with E-state index in [-0.39, 0.29) is 11.3 Å². The van der Waals surface area contributed by atoms with Gasteiger partial charge < -0.3 is 0 Å². The fraction of sp³-hybridized carbons (Fsp3) is 0.545. The van der Waals surface area contributed by atoms with Crippen molar-refractivity contribution in [1.82, 2.24) is 9.29 Å². The number of piperidine rings is 1. The van der Waals surface area contributed by atoms with Crippen LogP contribution < -0.4 is 0 Å². The third-order valence-corrected chi connectivity index (χ3v) is 5.52. The minimum absolute atomic E-state index is 0.0370. The number of halogens is 2. The fourth-order valence-electron chi connectivity index (χ4n) is 1.98. The van der Waals surface area contributed by atoms with Crippen LogP contribution in [0.4, 0.5) is 4.39 Å². The highest BCUT2D eigenvalue weighted by Crippen LogP contribution is 2.26. The Kier molecular flexibility index (Phi) is 3.89. The van der Waals surface area contributed by atoms with Crippen molar-refractivity contribution in [2.24, 2.45) is 5.92 Å². The van der Waals surface area contributed by atoms with Gasteiger partial charge in [0.05, 0.1) is 0 Å². The first-order chi connectivity index (χ1) is 8.43. The second kappa shape index (κ2) is 5.11. The summed E-state index contributed by atoms with van der Waals surface area (Å²) in [5.74, 6) is -0.778. The Labute approximate surface area is 111 Å². The van der Waals surface area contributed by atoms with E-state index in [0.717, 1.165) is 6.07 Å². The molecule has 2 heterocycles. The molecule has 1 fully saturated rings. The van der Waals surface area contributed by atoms with E-state index in [0.29, 0.717) is 19.5 Å². The molecular formula is C11H14ClFN2O2S. The van der Waals surface area contributed by atoms with Crippen molar-refractivity contribution in [2.75, 3.05) is 13.1 Å². The molecule has 100 valence electrons. The van der Waals surface area contributed by atoms with Crippen molar-refractivity contribution < 1.29 is 12.8 Å². The van der Waals surface area contributed by atoms with Gasteiger partial charge in [0.2, 0.25) is 5.03 Å².